The third kappa shape index (κ3) is 4.03. The van der Waals surface area contributed by atoms with Crippen molar-refractivity contribution in [2.24, 2.45) is 11.7 Å². The molecule has 1 aliphatic carbocycles. The minimum Gasteiger partial charge on any atom is -0.477 e. The van der Waals surface area contributed by atoms with Gasteiger partial charge in [0.15, 0.2) is 5.82 Å². The SMILES string of the molecule is CC[C@H]1CCN(c2c(F)cn3c(=O)c(C(=O)O)cc(C4CC4)c3c2C)C[C@H]1N.Cl.Cl. The second-order valence-corrected chi connectivity index (χ2v) is 8.13. The average molecular weight is 460 g/mol. The fraction of sp³-hybridized carbons (Fsp3) is 0.524. The number of carboxylic acid groups (broad SMARTS) is 1. The number of fused-ring (bicyclic) bond motifs is 1. The number of carboxylic acids is 1. The molecule has 1 saturated heterocycles. The molecule has 6 nitrogen and oxygen atoms in total. The number of aromatic carboxylic acids is 1. The predicted octanol–water partition coefficient (Wildman–Crippen LogP) is 3.73. The van der Waals surface area contributed by atoms with E-state index >= 15 is 4.39 Å². The Bertz CT molecular complexity index is 1020. The molecule has 3 heterocycles. The molecule has 0 bridgehead atoms. The van der Waals surface area contributed by atoms with Gasteiger partial charge in [0.1, 0.15) is 5.56 Å². The summed E-state index contributed by atoms with van der Waals surface area (Å²) in [5.74, 6) is -1.14. The van der Waals surface area contributed by atoms with Crippen molar-refractivity contribution in [3.63, 3.8) is 0 Å². The number of halogens is 3. The summed E-state index contributed by atoms with van der Waals surface area (Å²) in [6.07, 6.45) is 4.96. The third-order valence-electron chi connectivity index (χ3n) is 6.34. The van der Waals surface area contributed by atoms with Gasteiger partial charge in [0.2, 0.25) is 0 Å². The van der Waals surface area contributed by atoms with Gasteiger partial charge in [-0.3, -0.25) is 9.20 Å². The predicted molar refractivity (Wildman–Crippen MR) is 120 cm³/mol. The lowest BCUT2D eigenvalue weighted by Crippen LogP contribution is -2.49. The number of carbonyl (C=O) groups is 1. The Morgan fingerprint density at radius 1 is 1.30 bits per heavy atom. The maximum absolute atomic E-state index is 15.1. The summed E-state index contributed by atoms with van der Waals surface area (Å²) in [5, 5.41) is 9.40. The van der Waals surface area contributed by atoms with Gasteiger partial charge in [-0.2, -0.15) is 0 Å². The largest absolute Gasteiger partial charge is 0.477 e. The zero-order chi connectivity index (χ0) is 20.2. The van der Waals surface area contributed by atoms with Crippen molar-refractivity contribution >= 4 is 42.0 Å². The maximum Gasteiger partial charge on any atom is 0.341 e. The van der Waals surface area contributed by atoms with Crippen molar-refractivity contribution in [1.82, 2.24) is 4.40 Å². The first-order valence-electron chi connectivity index (χ1n) is 9.95. The number of nitrogens with zero attached hydrogens (tertiary/aromatic N) is 2. The van der Waals surface area contributed by atoms with E-state index in [1.165, 1.54) is 10.5 Å². The number of nitrogens with two attached hydrogens (primary N) is 1. The summed E-state index contributed by atoms with van der Waals surface area (Å²) in [4.78, 5) is 26.2. The van der Waals surface area contributed by atoms with Crippen molar-refractivity contribution in [1.29, 1.82) is 0 Å². The molecule has 2 fully saturated rings. The minimum absolute atomic E-state index is 0. The summed E-state index contributed by atoms with van der Waals surface area (Å²) < 4.78 is 16.3. The summed E-state index contributed by atoms with van der Waals surface area (Å²) >= 11 is 0. The number of aryl methyl sites for hydroxylation is 1. The first kappa shape index (κ1) is 24.4. The van der Waals surface area contributed by atoms with Crippen molar-refractivity contribution in [3.05, 3.63) is 45.1 Å². The lowest BCUT2D eigenvalue weighted by Gasteiger charge is -2.38. The molecule has 2 atom stereocenters. The van der Waals surface area contributed by atoms with E-state index in [1.54, 1.807) is 0 Å². The van der Waals surface area contributed by atoms with Crippen LogP contribution in [0.1, 0.15) is 60.0 Å². The van der Waals surface area contributed by atoms with Gasteiger partial charge in [-0.1, -0.05) is 13.3 Å². The molecule has 9 heteroatoms. The molecule has 1 aliphatic heterocycles. The van der Waals surface area contributed by atoms with Crippen molar-refractivity contribution in [2.45, 2.75) is 51.5 Å². The fourth-order valence-electron chi connectivity index (χ4n) is 4.63. The van der Waals surface area contributed by atoms with E-state index in [-0.39, 0.29) is 42.3 Å². The van der Waals surface area contributed by atoms with Gasteiger partial charge in [-0.15, -0.1) is 24.8 Å². The number of rotatable bonds is 4. The smallest absolute Gasteiger partial charge is 0.341 e. The molecular formula is C21H28Cl2FN3O3. The Hall–Kier alpha value is -1.83. The van der Waals surface area contributed by atoms with Gasteiger partial charge in [-0.05, 0) is 55.2 Å². The van der Waals surface area contributed by atoms with Crippen LogP contribution in [0.5, 0.6) is 0 Å². The molecule has 30 heavy (non-hydrogen) atoms. The van der Waals surface area contributed by atoms with Crippen LogP contribution in [0.4, 0.5) is 10.1 Å². The first-order chi connectivity index (χ1) is 13.3. The van der Waals surface area contributed by atoms with Crippen LogP contribution in [-0.4, -0.2) is 34.6 Å². The van der Waals surface area contributed by atoms with Gasteiger partial charge in [0.05, 0.1) is 17.4 Å². The van der Waals surface area contributed by atoms with Crippen molar-refractivity contribution in [2.75, 3.05) is 18.0 Å². The monoisotopic (exact) mass is 459 g/mol. The molecule has 0 unspecified atom stereocenters. The van der Waals surface area contributed by atoms with Gasteiger partial charge >= 0.3 is 5.97 Å². The highest BCUT2D eigenvalue weighted by molar-refractivity contribution is 5.89. The van der Waals surface area contributed by atoms with Crippen LogP contribution in [0.3, 0.4) is 0 Å². The molecule has 0 aromatic carbocycles. The lowest BCUT2D eigenvalue weighted by atomic mass is 9.89. The molecule has 0 amide bonds. The minimum atomic E-state index is -1.28. The number of hydrogen-bond acceptors (Lipinski definition) is 4. The molecule has 2 aromatic heterocycles. The quantitative estimate of drug-likeness (QED) is 0.726. The Balaban J connectivity index is 0.00000160. The number of anilines is 1. The molecule has 166 valence electrons. The van der Waals surface area contributed by atoms with Crippen LogP contribution < -0.4 is 16.2 Å². The van der Waals surface area contributed by atoms with E-state index in [2.05, 4.69) is 6.92 Å². The maximum atomic E-state index is 15.1. The topological polar surface area (TPSA) is 88.0 Å². The second-order valence-electron chi connectivity index (χ2n) is 8.13. The second kappa shape index (κ2) is 9.12. The lowest BCUT2D eigenvalue weighted by molar-refractivity contribution is 0.0694. The standard InChI is InChI=1S/C21H26FN3O3.2ClH/c1-3-12-6-7-24(10-17(12)23)19-11(2)18-14(13-4-5-13)8-15(21(27)28)20(26)25(18)9-16(19)22;;/h8-9,12-13,17H,3-7,10,23H2,1-2H3,(H,27,28);2*1H/t12-,17+;;/m0../s1. The number of piperidine rings is 1. The number of hydrogen-bond donors (Lipinski definition) is 2. The van der Waals surface area contributed by atoms with Crippen LogP contribution >= 0.6 is 24.8 Å². The van der Waals surface area contributed by atoms with E-state index in [0.717, 1.165) is 44.0 Å². The zero-order valence-electron chi connectivity index (χ0n) is 17.1. The van der Waals surface area contributed by atoms with E-state index in [4.69, 9.17) is 5.73 Å². The van der Waals surface area contributed by atoms with Gasteiger partial charge < -0.3 is 15.7 Å². The Labute approximate surface area is 187 Å². The highest BCUT2D eigenvalue weighted by Crippen LogP contribution is 2.44. The van der Waals surface area contributed by atoms with E-state index in [9.17, 15) is 14.7 Å². The average Bonchev–Trinajstić information content (AvgIpc) is 3.47. The molecular weight excluding hydrogens is 432 g/mol. The van der Waals surface area contributed by atoms with Crippen LogP contribution in [0.25, 0.3) is 5.52 Å². The van der Waals surface area contributed by atoms with E-state index < -0.39 is 17.3 Å². The molecule has 4 rings (SSSR count). The van der Waals surface area contributed by atoms with Crippen LogP contribution in [0, 0.1) is 18.7 Å². The Morgan fingerprint density at radius 2 is 1.97 bits per heavy atom. The molecule has 0 radical (unpaired) electrons. The molecule has 1 saturated carbocycles. The van der Waals surface area contributed by atoms with Gasteiger partial charge in [0, 0.05) is 19.1 Å². The molecule has 2 aromatic rings. The number of pyridine rings is 2. The summed E-state index contributed by atoms with van der Waals surface area (Å²) in [7, 11) is 0. The number of aromatic nitrogens is 1. The zero-order valence-corrected chi connectivity index (χ0v) is 18.7. The normalized spacial score (nSPS) is 21.1. The molecule has 0 spiro atoms. The Kier molecular flexibility index (Phi) is 7.43. The molecule has 2 aliphatic rings. The molecule has 3 N–H and O–H groups in total. The van der Waals surface area contributed by atoms with Gasteiger partial charge in [0.25, 0.3) is 5.56 Å². The van der Waals surface area contributed by atoms with Crippen molar-refractivity contribution in [3.8, 4) is 0 Å². The van der Waals surface area contributed by atoms with Crippen LogP contribution in [-0.2, 0) is 0 Å². The third-order valence-corrected chi connectivity index (χ3v) is 6.34. The summed E-state index contributed by atoms with van der Waals surface area (Å²) in [6, 6.07) is 1.47. The summed E-state index contributed by atoms with van der Waals surface area (Å²) in [6.45, 7) is 5.23. The summed E-state index contributed by atoms with van der Waals surface area (Å²) in [5.41, 5.74) is 7.93. The van der Waals surface area contributed by atoms with Crippen LogP contribution in [0.15, 0.2) is 17.1 Å². The highest BCUT2D eigenvalue weighted by Gasteiger charge is 2.32. The fourth-order valence-corrected chi connectivity index (χ4v) is 4.63. The van der Waals surface area contributed by atoms with Crippen molar-refractivity contribution < 1.29 is 14.3 Å². The van der Waals surface area contributed by atoms with Crippen LogP contribution in [0.2, 0.25) is 0 Å². The Morgan fingerprint density at radius 3 is 2.50 bits per heavy atom. The van der Waals surface area contributed by atoms with E-state index in [1.807, 2.05) is 11.8 Å². The van der Waals surface area contributed by atoms with Gasteiger partial charge in [-0.25, -0.2) is 9.18 Å². The first-order valence-corrected chi connectivity index (χ1v) is 9.95. The van der Waals surface area contributed by atoms with E-state index in [0.29, 0.717) is 29.2 Å². The highest BCUT2D eigenvalue weighted by atomic mass is 35.5.